The maximum Gasteiger partial charge on any atom is 0.251 e. The lowest BCUT2D eigenvalue weighted by atomic mass is 9.92. The van der Waals surface area contributed by atoms with Crippen molar-refractivity contribution >= 4 is 33.7 Å². The Morgan fingerprint density at radius 1 is 1.17 bits per heavy atom. The van der Waals surface area contributed by atoms with E-state index in [1.807, 2.05) is 25.2 Å². The van der Waals surface area contributed by atoms with Crippen molar-refractivity contribution in [1.29, 1.82) is 0 Å². The summed E-state index contributed by atoms with van der Waals surface area (Å²) in [4.78, 5) is 27.8. The molecule has 2 aromatic carbocycles. The highest BCUT2D eigenvalue weighted by Gasteiger charge is 2.52. The quantitative estimate of drug-likeness (QED) is 0.438. The minimum absolute atomic E-state index is 0.0549. The van der Waals surface area contributed by atoms with Gasteiger partial charge in [-0.1, -0.05) is 24.1 Å². The van der Waals surface area contributed by atoms with Gasteiger partial charge in [0.1, 0.15) is 30.3 Å². The molecule has 5 atom stereocenters. The third kappa shape index (κ3) is 4.04. The Hall–Kier alpha value is -3.94. The number of hydrogen-bond donors (Lipinski definition) is 1. The first-order chi connectivity index (χ1) is 22.3. The number of halogens is 2. The number of carbonyl (C=O) groups is 1. The summed E-state index contributed by atoms with van der Waals surface area (Å²) in [6, 6.07) is 9.30. The van der Waals surface area contributed by atoms with E-state index in [0.29, 0.717) is 51.0 Å². The summed E-state index contributed by atoms with van der Waals surface area (Å²) in [5.74, 6) is 2.67. The van der Waals surface area contributed by atoms with Crippen LogP contribution in [0.4, 0.5) is 25.8 Å². The van der Waals surface area contributed by atoms with Crippen molar-refractivity contribution in [3.8, 4) is 18.2 Å². The summed E-state index contributed by atoms with van der Waals surface area (Å²) in [5.41, 5.74) is 4.60. The Morgan fingerprint density at radius 2 is 2.07 bits per heavy atom. The Bertz CT molecular complexity index is 1830. The number of pyridine rings is 1. The number of likely N-dealkylation sites (N-methyl/N-ethyl adjacent to an activating group) is 1. The molecule has 4 fully saturated rings. The van der Waals surface area contributed by atoms with Gasteiger partial charge in [0.05, 0.1) is 29.0 Å². The Balaban J connectivity index is 1.16. The van der Waals surface area contributed by atoms with E-state index in [1.165, 1.54) is 6.07 Å². The number of aromatic nitrogens is 1. The molecule has 238 valence electrons. The molecule has 1 unspecified atom stereocenters. The van der Waals surface area contributed by atoms with Crippen LogP contribution >= 0.6 is 0 Å². The zero-order valence-corrected chi connectivity index (χ0v) is 26.1. The summed E-state index contributed by atoms with van der Waals surface area (Å²) in [5, 5.41) is 5.31. The zero-order chi connectivity index (χ0) is 31.3. The van der Waals surface area contributed by atoms with Crippen molar-refractivity contribution in [2.24, 2.45) is 0 Å². The van der Waals surface area contributed by atoms with Gasteiger partial charge < -0.3 is 24.8 Å². The van der Waals surface area contributed by atoms with Crippen LogP contribution in [0.25, 0.3) is 10.8 Å². The molecule has 0 radical (unpaired) electrons. The number of alkyl halides is 1. The Morgan fingerprint density at radius 3 is 2.93 bits per heavy atom. The predicted molar refractivity (Wildman–Crippen MR) is 174 cm³/mol. The second kappa shape index (κ2) is 10.3. The average Bonchev–Trinajstić information content (AvgIpc) is 3.72. The molecule has 6 aliphatic rings. The summed E-state index contributed by atoms with van der Waals surface area (Å²) in [6.45, 7) is 3.60. The molecule has 0 aliphatic carbocycles. The normalized spacial score (nSPS) is 29.9. The smallest absolute Gasteiger partial charge is 0.251 e. The van der Waals surface area contributed by atoms with Crippen LogP contribution in [0, 0.1) is 18.2 Å². The third-order valence-corrected chi connectivity index (χ3v) is 11.6. The van der Waals surface area contributed by atoms with Crippen LogP contribution in [0.1, 0.15) is 48.9 Å². The van der Waals surface area contributed by atoms with E-state index in [4.69, 9.17) is 16.1 Å². The third-order valence-electron chi connectivity index (χ3n) is 11.6. The highest BCUT2D eigenvalue weighted by Crippen LogP contribution is 2.50. The van der Waals surface area contributed by atoms with Gasteiger partial charge in [0.15, 0.2) is 0 Å². The van der Waals surface area contributed by atoms with Crippen LogP contribution < -0.4 is 24.8 Å². The number of rotatable bonds is 4. The molecule has 0 saturated carbocycles. The van der Waals surface area contributed by atoms with E-state index in [1.54, 1.807) is 11.0 Å². The van der Waals surface area contributed by atoms with Crippen molar-refractivity contribution in [3.05, 3.63) is 53.0 Å². The maximum atomic E-state index is 14.9. The lowest BCUT2D eigenvalue weighted by Gasteiger charge is -2.49. The summed E-state index contributed by atoms with van der Waals surface area (Å²) in [6.07, 6.45) is 10.1. The van der Waals surface area contributed by atoms with Gasteiger partial charge >= 0.3 is 0 Å². The number of terminal acetylenes is 1. The minimum Gasteiger partial charge on any atom is -0.474 e. The van der Waals surface area contributed by atoms with Gasteiger partial charge in [0.2, 0.25) is 5.88 Å². The number of nitrogens with one attached hydrogen (secondary N) is 1. The standard InChI is InChI=1S/C36H38F2N6O2/c1-3-24-26(38)10-8-21-6-4-7-29(30(21)24)42-15-12-25-28(19-42)40-34(46-20-36-13-5-14-43(36)17-22(37)16-36)33-31(25)44-18-23-9-11-27(39-23)32(44)35(45)41(33)2/h1,4,6-8,10,22-23,27,32,39H,5,9,11-20H2,2H3/t22-,23-,27+,32?,36+/m1/s1. The van der Waals surface area contributed by atoms with Crippen LogP contribution in [-0.4, -0.2) is 85.5 Å². The summed E-state index contributed by atoms with van der Waals surface area (Å²) < 4.78 is 36.3. The van der Waals surface area contributed by atoms with E-state index >= 15 is 0 Å². The summed E-state index contributed by atoms with van der Waals surface area (Å²) in [7, 11) is 1.84. The number of amides is 1. The van der Waals surface area contributed by atoms with Crippen LogP contribution in [0.3, 0.4) is 0 Å². The highest BCUT2D eigenvalue weighted by atomic mass is 19.1. The second-order valence-corrected chi connectivity index (χ2v) is 14.1. The molecule has 1 amide bonds. The molecule has 4 saturated heterocycles. The van der Waals surface area contributed by atoms with Crippen LogP contribution in [0.15, 0.2) is 30.3 Å². The molecule has 9 rings (SSSR count). The largest absolute Gasteiger partial charge is 0.474 e. The van der Waals surface area contributed by atoms with Crippen molar-refractivity contribution in [1.82, 2.24) is 15.2 Å². The average molecular weight is 625 g/mol. The molecular formula is C36H38F2N6O2. The van der Waals surface area contributed by atoms with Crippen LogP contribution in [-0.2, 0) is 17.8 Å². The number of ether oxygens (including phenoxy) is 1. The molecule has 8 nitrogen and oxygen atoms in total. The van der Waals surface area contributed by atoms with Gasteiger partial charge in [-0.15, -0.1) is 6.42 Å². The molecule has 3 aromatic rings. The minimum atomic E-state index is -0.859. The van der Waals surface area contributed by atoms with Crippen LogP contribution in [0.2, 0.25) is 0 Å². The topological polar surface area (TPSA) is 64.2 Å². The van der Waals surface area contributed by atoms with E-state index in [-0.39, 0.29) is 29.1 Å². The van der Waals surface area contributed by atoms with Gasteiger partial charge in [0, 0.05) is 61.8 Å². The fourth-order valence-corrected chi connectivity index (χ4v) is 9.49. The molecule has 46 heavy (non-hydrogen) atoms. The van der Waals surface area contributed by atoms with E-state index < -0.39 is 12.0 Å². The highest BCUT2D eigenvalue weighted by molar-refractivity contribution is 6.08. The van der Waals surface area contributed by atoms with Crippen molar-refractivity contribution < 1.29 is 18.3 Å². The summed E-state index contributed by atoms with van der Waals surface area (Å²) >= 11 is 0. The molecule has 10 heteroatoms. The monoisotopic (exact) mass is 624 g/mol. The van der Waals surface area contributed by atoms with Crippen LogP contribution in [0.5, 0.6) is 5.88 Å². The number of benzene rings is 2. The molecule has 7 heterocycles. The predicted octanol–water partition coefficient (Wildman–Crippen LogP) is 4.16. The fraction of sp³-hybridized carbons (Fsp3) is 0.500. The molecular weight excluding hydrogens is 586 g/mol. The first-order valence-electron chi connectivity index (χ1n) is 16.7. The first-order valence-corrected chi connectivity index (χ1v) is 16.7. The van der Waals surface area contributed by atoms with Crippen molar-refractivity contribution in [2.45, 2.75) is 74.9 Å². The number of piperazine rings is 1. The lowest BCUT2D eigenvalue weighted by molar-refractivity contribution is -0.120. The van der Waals surface area contributed by atoms with Crippen molar-refractivity contribution in [3.63, 3.8) is 0 Å². The SMILES string of the molecule is C#Cc1c(F)ccc2cccc(N3CCc4c(nc(OC[C@@]56CCCN5C[C@H](F)C6)c5c4N4C[C@H]6CC[C@H](N6)C4C(=O)N5C)C3)c12. The lowest BCUT2D eigenvalue weighted by Crippen LogP contribution is -2.66. The number of nitrogens with zero attached hydrogens (tertiary/aromatic N) is 5. The van der Waals surface area contributed by atoms with E-state index in [9.17, 15) is 13.6 Å². The number of carbonyl (C=O) groups excluding carboxylic acids is 1. The van der Waals surface area contributed by atoms with Gasteiger partial charge in [-0.2, -0.15) is 0 Å². The van der Waals surface area contributed by atoms with Gasteiger partial charge in [-0.05, 0) is 56.2 Å². The van der Waals surface area contributed by atoms with Gasteiger partial charge in [-0.3, -0.25) is 9.69 Å². The Kier molecular flexibility index (Phi) is 6.32. The van der Waals surface area contributed by atoms with E-state index in [0.717, 1.165) is 77.9 Å². The molecule has 1 N–H and O–H groups in total. The van der Waals surface area contributed by atoms with E-state index in [2.05, 4.69) is 25.9 Å². The van der Waals surface area contributed by atoms with Gasteiger partial charge in [-0.25, -0.2) is 13.8 Å². The molecule has 6 aliphatic heterocycles. The van der Waals surface area contributed by atoms with Crippen molar-refractivity contribution in [2.75, 3.05) is 54.5 Å². The molecule has 1 aromatic heterocycles. The van der Waals surface area contributed by atoms with Gasteiger partial charge in [0.25, 0.3) is 5.91 Å². The first kappa shape index (κ1) is 28.3. The maximum absolute atomic E-state index is 14.9. The zero-order valence-electron chi connectivity index (χ0n) is 26.1. The number of anilines is 3. The number of fused-ring (bicyclic) bond motifs is 10. The number of hydrogen-bond acceptors (Lipinski definition) is 7. The molecule has 0 spiro atoms. The second-order valence-electron chi connectivity index (χ2n) is 14.1. The Labute approximate surface area is 267 Å². The molecule has 2 bridgehead atoms. The fourth-order valence-electron chi connectivity index (χ4n) is 9.49.